The fourth-order valence-electron chi connectivity index (χ4n) is 1.57. The Kier molecular flexibility index (Phi) is 1.90. The largest absolute Gasteiger partial charge is 0.423 e. The number of halogens is 2. The van der Waals surface area contributed by atoms with Crippen molar-refractivity contribution in [1.29, 1.82) is 0 Å². The fourth-order valence-corrected chi connectivity index (χ4v) is 1.89. The lowest BCUT2D eigenvalue weighted by atomic mass is 10.3. The second-order valence-electron chi connectivity index (χ2n) is 3.21. The highest BCUT2D eigenvalue weighted by Crippen LogP contribution is 2.41. The zero-order valence-corrected chi connectivity index (χ0v) is 9.09. The van der Waals surface area contributed by atoms with Crippen LogP contribution in [0.25, 0.3) is 0 Å². The van der Waals surface area contributed by atoms with E-state index in [2.05, 4.69) is 4.99 Å². The molecule has 1 aromatic carbocycles. The smallest absolute Gasteiger partial charge is 0.302 e. The molecule has 2 aliphatic rings. The molecule has 1 aromatic rings. The van der Waals surface area contributed by atoms with Gasteiger partial charge in [-0.3, -0.25) is 4.90 Å². The second kappa shape index (κ2) is 3.15. The number of anilines is 1. The lowest BCUT2D eigenvalue weighted by molar-refractivity contribution is 0.562. The van der Waals surface area contributed by atoms with Gasteiger partial charge in [-0.25, -0.2) is 4.99 Å². The molecule has 0 amide bonds. The fraction of sp³-hybridized carbons (Fsp3) is 0.100. The van der Waals surface area contributed by atoms with Crippen molar-refractivity contribution in [3.05, 3.63) is 34.5 Å². The minimum atomic E-state index is 0.486. The molecule has 5 heteroatoms. The Morgan fingerprint density at radius 1 is 1.27 bits per heavy atom. The number of ether oxygens (including phenoxy) is 1. The number of hydrogen-bond acceptors (Lipinski definition) is 3. The van der Waals surface area contributed by atoms with E-state index in [0.717, 1.165) is 5.69 Å². The molecular formula is C10H6Cl2N2O. The Hall–Kier alpha value is -1.19. The van der Waals surface area contributed by atoms with Crippen molar-refractivity contribution in [2.75, 3.05) is 11.4 Å². The molecule has 2 heterocycles. The molecule has 0 fully saturated rings. The van der Waals surface area contributed by atoms with Gasteiger partial charge in [-0.15, -0.1) is 0 Å². The molecule has 3 rings (SSSR count). The van der Waals surface area contributed by atoms with Crippen molar-refractivity contribution in [3.63, 3.8) is 0 Å². The number of rotatable bonds is 0. The first kappa shape index (κ1) is 9.07. The number of aliphatic imine (C=N–C) groups is 1. The maximum Gasteiger partial charge on any atom is 0.302 e. The van der Waals surface area contributed by atoms with Crippen molar-refractivity contribution in [2.45, 2.75) is 0 Å². The van der Waals surface area contributed by atoms with Gasteiger partial charge in [-0.05, 0) is 12.1 Å². The van der Waals surface area contributed by atoms with Crippen LogP contribution >= 0.6 is 23.2 Å². The molecule has 0 bridgehead atoms. The lowest BCUT2D eigenvalue weighted by Gasteiger charge is -2.14. The third-order valence-electron chi connectivity index (χ3n) is 2.26. The quantitative estimate of drug-likeness (QED) is 0.697. The summed E-state index contributed by atoms with van der Waals surface area (Å²) in [5, 5.41) is 0.999. The van der Waals surface area contributed by atoms with Crippen LogP contribution in [0.5, 0.6) is 5.75 Å². The summed E-state index contributed by atoms with van der Waals surface area (Å²) in [5.41, 5.74) is 0.874. The number of amidine groups is 1. The van der Waals surface area contributed by atoms with E-state index in [1.807, 2.05) is 17.2 Å². The third kappa shape index (κ3) is 1.31. The SMILES string of the molecule is Clc1cc2c(cc1Cl)N1C=CCN=C1O2. The molecule has 0 saturated heterocycles. The van der Waals surface area contributed by atoms with Crippen molar-refractivity contribution in [2.24, 2.45) is 4.99 Å². The van der Waals surface area contributed by atoms with Gasteiger partial charge in [0.05, 0.1) is 22.3 Å². The molecule has 0 saturated carbocycles. The first-order valence-corrected chi connectivity index (χ1v) is 5.18. The molecule has 76 valence electrons. The Morgan fingerprint density at radius 2 is 2.07 bits per heavy atom. The van der Waals surface area contributed by atoms with E-state index in [0.29, 0.717) is 28.4 Å². The molecule has 0 radical (unpaired) electrons. The first-order chi connectivity index (χ1) is 7.25. The van der Waals surface area contributed by atoms with E-state index in [-0.39, 0.29) is 0 Å². The van der Waals surface area contributed by atoms with Crippen LogP contribution in [0.15, 0.2) is 29.4 Å². The van der Waals surface area contributed by atoms with Gasteiger partial charge in [-0.1, -0.05) is 23.2 Å². The van der Waals surface area contributed by atoms with E-state index < -0.39 is 0 Å². The summed E-state index contributed by atoms with van der Waals surface area (Å²) in [6, 6.07) is 4.05. The van der Waals surface area contributed by atoms with Crippen molar-refractivity contribution < 1.29 is 4.74 Å². The van der Waals surface area contributed by atoms with Crippen molar-refractivity contribution in [3.8, 4) is 5.75 Å². The molecule has 15 heavy (non-hydrogen) atoms. The monoisotopic (exact) mass is 240 g/mol. The Bertz CT molecular complexity index is 496. The topological polar surface area (TPSA) is 24.8 Å². The van der Waals surface area contributed by atoms with Crippen molar-refractivity contribution >= 4 is 34.9 Å². The molecule has 0 N–H and O–H groups in total. The highest BCUT2D eigenvalue weighted by molar-refractivity contribution is 6.42. The minimum Gasteiger partial charge on any atom is -0.423 e. The van der Waals surface area contributed by atoms with Gasteiger partial charge in [0.25, 0.3) is 0 Å². The normalized spacial score (nSPS) is 16.9. The van der Waals surface area contributed by atoms with E-state index in [4.69, 9.17) is 27.9 Å². The molecule has 0 aliphatic carbocycles. The first-order valence-electron chi connectivity index (χ1n) is 4.43. The second-order valence-corrected chi connectivity index (χ2v) is 4.03. The molecule has 0 aromatic heterocycles. The summed E-state index contributed by atoms with van der Waals surface area (Å²) in [4.78, 5) is 6.06. The predicted molar refractivity (Wildman–Crippen MR) is 61.0 cm³/mol. The summed E-state index contributed by atoms with van der Waals surface area (Å²) in [5.74, 6) is 0.690. The van der Waals surface area contributed by atoms with Gasteiger partial charge in [0, 0.05) is 12.3 Å². The van der Waals surface area contributed by atoms with Gasteiger partial charge < -0.3 is 4.74 Å². The van der Waals surface area contributed by atoms with E-state index in [1.165, 1.54) is 0 Å². The average Bonchev–Trinajstić information content (AvgIpc) is 2.57. The number of nitrogens with zero attached hydrogens (tertiary/aromatic N) is 2. The molecule has 0 unspecified atom stereocenters. The van der Waals surface area contributed by atoms with Crippen LogP contribution in [0, 0.1) is 0 Å². The maximum absolute atomic E-state index is 5.95. The molecule has 3 nitrogen and oxygen atoms in total. The molecular weight excluding hydrogens is 235 g/mol. The zero-order chi connectivity index (χ0) is 10.4. The number of benzene rings is 1. The van der Waals surface area contributed by atoms with Crippen LogP contribution in [0.1, 0.15) is 0 Å². The van der Waals surface area contributed by atoms with Gasteiger partial charge in [0.15, 0.2) is 5.75 Å². The van der Waals surface area contributed by atoms with Crippen LogP contribution in [0.3, 0.4) is 0 Å². The van der Waals surface area contributed by atoms with Gasteiger partial charge in [-0.2, -0.15) is 0 Å². The van der Waals surface area contributed by atoms with E-state index >= 15 is 0 Å². The lowest BCUT2D eigenvalue weighted by Crippen LogP contribution is -2.26. The molecule has 0 atom stereocenters. The molecule has 0 spiro atoms. The van der Waals surface area contributed by atoms with Crippen molar-refractivity contribution in [1.82, 2.24) is 0 Å². The zero-order valence-electron chi connectivity index (χ0n) is 7.58. The van der Waals surface area contributed by atoms with Crippen LogP contribution < -0.4 is 9.64 Å². The summed E-state index contributed by atoms with van der Waals surface area (Å²) in [6.45, 7) is 0.640. The summed E-state index contributed by atoms with van der Waals surface area (Å²) in [6.07, 6.45) is 3.86. The maximum atomic E-state index is 5.95. The minimum absolute atomic E-state index is 0.486. The summed E-state index contributed by atoms with van der Waals surface area (Å²) in [7, 11) is 0. The highest BCUT2D eigenvalue weighted by Gasteiger charge is 2.28. The Balaban J connectivity index is 2.17. The van der Waals surface area contributed by atoms with Crippen LogP contribution in [0.2, 0.25) is 10.0 Å². The van der Waals surface area contributed by atoms with E-state index in [9.17, 15) is 0 Å². The summed E-state index contributed by atoms with van der Waals surface area (Å²) >= 11 is 11.8. The van der Waals surface area contributed by atoms with Gasteiger partial charge >= 0.3 is 6.02 Å². The standard InChI is InChI=1S/C10H6Cl2N2O/c11-6-4-8-9(5-7(6)12)15-10-13-2-1-3-14(8)10/h1,3-5H,2H2. The summed E-state index contributed by atoms with van der Waals surface area (Å²) < 4.78 is 5.53. The average molecular weight is 241 g/mol. The number of hydrogen-bond donors (Lipinski definition) is 0. The van der Waals surface area contributed by atoms with Gasteiger partial charge in [0.2, 0.25) is 0 Å². The Morgan fingerprint density at radius 3 is 2.93 bits per heavy atom. The number of fused-ring (bicyclic) bond motifs is 3. The van der Waals surface area contributed by atoms with E-state index in [1.54, 1.807) is 12.1 Å². The van der Waals surface area contributed by atoms with Crippen LogP contribution in [-0.4, -0.2) is 12.6 Å². The van der Waals surface area contributed by atoms with Gasteiger partial charge in [0.1, 0.15) is 0 Å². The Labute approximate surface area is 96.6 Å². The highest BCUT2D eigenvalue weighted by atomic mass is 35.5. The van der Waals surface area contributed by atoms with Crippen LogP contribution in [0.4, 0.5) is 5.69 Å². The predicted octanol–water partition coefficient (Wildman–Crippen LogP) is 3.08. The third-order valence-corrected chi connectivity index (χ3v) is 2.98. The van der Waals surface area contributed by atoms with Crippen LogP contribution in [-0.2, 0) is 0 Å². The molecule has 2 aliphatic heterocycles.